The molecule has 0 bridgehead atoms. The average Bonchev–Trinajstić information content (AvgIpc) is 2.89. The van der Waals surface area contributed by atoms with Crippen molar-refractivity contribution in [3.05, 3.63) is 24.3 Å². The van der Waals surface area contributed by atoms with Crippen LogP contribution in [-0.4, -0.2) is 54.7 Å². The lowest BCUT2D eigenvalue weighted by Gasteiger charge is -2.11. The van der Waals surface area contributed by atoms with Gasteiger partial charge in [-0.2, -0.15) is 0 Å². The van der Waals surface area contributed by atoms with Crippen LogP contribution < -0.4 is 9.46 Å². The molecule has 24 heavy (non-hydrogen) atoms. The minimum Gasteiger partial charge on any atom is -0.491 e. The van der Waals surface area contributed by atoms with E-state index in [0.29, 0.717) is 32.0 Å². The van der Waals surface area contributed by atoms with E-state index in [1.165, 1.54) is 12.1 Å². The molecule has 9 heteroatoms. The smallest absolute Gasteiger partial charge is 0.240 e. The molecule has 0 amide bonds. The van der Waals surface area contributed by atoms with Crippen LogP contribution in [0.1, 0.15) is 13.3 Å². The zero-order chi connectivity index (χ0) is 17.6. The third-order valence-corrected chi connectivity index (χ3v) is 7.00. The van der Waals surface area contributed by atoms with Crippen LogP contribution in [0, 0.1) is 5.92 Å². The summed E-state index contributed by atoms with van der Waals surface area (Å²) in [5.74, 6) is 0.580. The maximum Gasteiger partial charge on any atom is 0.240 e. The topological polar surface area (TPSA) is 98.8 Å². The Morgan fingerprint density at radius 1 is 1.21 bits per heavy atom. The lowest BCUT2D eigenvalue weighted by atomic mass is 10.1. The van der Waals surface area contributed by atoms with Gasteiger partial charge < -0.3 is 9.47 Å². The third kappa shape index (κ3) is 5.73. The van der Waals surface area contributed by atoms with E-state index in [1.54, 1.807) is 12.1 Å². The standard InChI is InChI=1S/C15H23NO6S2/c1-2-21-8-9-22-14-3-5-15(6-4-14)24(19,20)16-11-13-7-10-23(17,18)12-13/h3-6,13,16H,2,7-12H2,1H3. The molecule has 1 unspecified atom stereocenters. The number of rotatable bonds is 9. The van der Waals surface area contributed by atoms with Crippen LogP contribution in [-0.2, 0) is 24.6 Å². The number of sulfonamides is 1. The number of hydrogen-bond acceptors (Lipinski definition) is 6. The van der Waals surface area contributed by atoms with Gasteiger partial charge in [0, 0.05) is 13.2 Å². The molecule has 0 saturated carbocycles. The Balaban J connectivity index is 1.87. The van der Waals surface area contributed by atoms with Crippen molar-refractivity contribution in [2.24, 2.45) is 5.92 Å². The number of hydrogen-bond donors (Lipinski definition) is 1. The second kappa shape index (κ2) is 8.28. The van der Waals surface area contributed by atoms with E-state index in [-0.39, 0.29) is 28.9 Å². The molecule has 1 saturated heterocycles. The van der Waals surface area contributed by atoms with Crippen LogP contribution in [0.5, 0.6) is 5.75 Å². The summed E-state index contributed by atoms with van der Waals surface area (Å²) < 4.78 is 60.3. The molecule has 1 aromatic carbocycles. The fourth-order valence-corrected chi connectivity index (χ4v) is 5.40. The third-order valence-electron chi connectivity index (χ3n) is 3.72. The Morgan fingerprint density at radius 2 is 1.92 bits per heavy atom. The summed E-state index contributed by atoms with van der Waals surface area (Å²) in [4.78, 5) is 0.125. The first kappa shape index (κ1) is 19.2. The molecule has 2 rings (SSSR count). The van der Waals surface area contributed by atoms with E-state index in [0.717, 1.165) is 0 Å². The van der Waals surface area contributed by atoms with Gasteiger partial charge in [0.15, 0.2) is 9.84 Å². The van der Waals surface area contributed by atoms with Crippen LogP contribution in [0.4, 0.5) is 0 Å². The summed E-state index contributed by atoms with van der Waals surface area (Å²) in [7, 11) is -6.66. The normalized spacial score (nSPS) is 20.1. The molecule has 1 heterocycles. The molecule has 0 spiro atoms. The second-order valence-electron chi connectivity index (χ2n) is 5.64. The number of nitrogens with one attached hydrogen (secondary N) is 1. The summed E-state index contributed by atoms with van der Waals surface area (Å²) in [6.45, 7) is 3.52. The van der Waals surface area contributed by atoms with E-state index in [2.05, 4.69) is 4.72 Å². The van der Waals surface area contributed by atoms with E-state index in [1.807, 2.05) is 6.92 Å². The van der Waals surface area contributed by atoms with Crippen molar-refractivity contribution in [1.82, 2.24) is 4.72 Å². The molecule has 1 aliphatic heterocycles. The second-order valence-corrected chi connectivity index (χ2v) is 9.63. The Hall–Kier alpha value is -1.16. The molecule has 136 valence electrons. The quantitative estimate of drug-likeness (QED) is 0.640. The van der Waals surface area contributed by atoms with Gasteiger partial charge in [-0.15, -0.1) is 0 Å². The minimum atomic E-state index is -3.66. The van der Waals surface area contributed by atoms with Crippen LogP contribution in [0.3, 0.4) is 0 Å². The molecule has 1 aromatic rings. The van der Waals surface area contributed by atoms with Crippen molar-refractivity contribution in [3.8, 4) is 5.75 Å². The Kier molecular flexibility index (Phi) is 6.62. The Bertz CT molecular complexity index is 728. The van der Waals surface area contributed by atoms with Crippen LogP contribution in [0.25, 0.3) is 0 Å². The summed E-state index contributed by atoms with van der Waals surface area (Å²) in [5.41, 5.74) is 0. The van der Waals surface area contributed by atoms with Gasteiger partial charge in [0.05, 0.1) is 23.0 Å². The molecule has 7 nitrogen and oxygen atoms in total. The largest absolute Gasteiger partial charge is 0.491 e. The van der Waals surface area contributed by atoms with Crippen molar-refractivity contribution >= 4 is 19.9 Å². The van der Waals surface area contributed by atoms with Gasteiger partial charge in [-0.05, 0) is 43.5 Å². The van der Waals surface area contributed by atoms with Crippen molar-refractivity contribution < 1.29 is 26.3 Å². The summed E-state index contributed by atoms with van der Waals surface area (Å²) in [6, 6.07) is 6.09. The fourth-order valence-electron chi connectivity index (χ4n) is 2.42. The van der Waals surface area contributed by atoms with Gasteiger partial charge in [-0.25, -0.2) is 21.6 Å². The molecular formula is C15H23NO6S2. The highest BCUT2D eigenvalue weighted by atomic mass is 32.2. The Morgan fingerprint density at radius 3 is 2.50 bits per heavy atom. The van der Waals surface area contributed by atoms with Crippen LogP contribution in [0.2, 0.25) is 0 Å². The van der Waals surface area contributed by atoms with Gasteiger partial charge in [-0.3, -0.25) is 0 Å². The van der Waals surface area contributed by atoms with E-state index >= 15 is 0 Å². The summed E-state index contributed by atoms with van der Waals surface area (Å²) >= 11 is 0. The van der Waals surface area contributed by atoms with Crippen molar-refractivity contribution in [1.29, 1.82) is 0 Å². The fraction of sp³-hybridized carbons (Fsp3) is 0.600. The van der Waals surface area contributed by atoms with E-state index in [9.17, 15) is 16.8 Å². The molecule has 1 aliphatic rings. The first-order valence-corrected chi connectivity index (χ1v) is 11.1. The van der Waals surface area contributed by atoms with Gasteiger partial charge in [0.25, 0.3) is 0 Å². The van der Waals surface area contributed by atoms with Crippen molar-refractivity contribution in [2.75, 3.05) is 37.9 Å². The maximum atomic E-state index is 12.2. The van der Waals surface area contributed by atoms with Gasteiger partial charge >= 0.3 is 0 Å². The van der Waals surface area contributed by atoms with Crippen molar-refractivity contribution in [2.45, 2.75) is 18.2 Å². The van der Waals surface area contributed by atoms with E-state index < -0.39 is 19.9 Å². The lowest BCUT2D eigenvalue weighted by Crippen LogP contribution is -2.29. The molecule has 0 aliphatic carbocycles. The van der Waals surface area contributed by atoms with Gasteiger partial charge in [0.1, 0.15) is 12.4 Å². The predicted molar refractivity (Wildman–Crippen MR) is 90.4 cm³/mol. The highest BCUT2D eigenvalue weighted by molar-refractivity contribution is 7.91. The first-order chi connectivity index (χ1) is 11.3. The SMILES string of the molecule is CCOCCOc1ccc(S(=O)(=O)NCC2CCS(=O)(=O)C2)cc1. The first-order valence-electron chi connectivity index (χ1n) is 7.83. The summed E-state index contributed by atoms with van der Waals surface area (Å²) in [5, 5.41) is 0. The number of sulfone groups is 1. The molecule has 0 radical (unpaired) electrons. The molecule has 1 N–H and O–H groups in total. The van der Waals surface area contributed by atoms with Crippen LogP contribution in [0.15, 0.2) is 29.2 Å². The molecule has 1 atom stereocenters. The minimum absolute atomic E-state index is 0.0438. The van der Waals surface area contributed by atoms with E-state index in [4.69, 9.17) is 9.47 Å². The lowest BCUT2D eigenvalue weighted by molar-refractivity contribution is 0.110. The zero-order valence-electron chi connectivity index (χ0n) is 13.6. The van der Waals surface area contributed by atoms with Gasteiger partial charge in [-0.1, -0.05) is 0 Å². The van der Waals surface area contributed by atoms with Crippen LogP contribution >= 0.6 is 0 Å². The number of benzene rings is 1. The number of ether oxygens (including phenoxy) is 2. The highest BCUT2D eigenvalue weighted by Gasteiger charge is 2.28. The average molecular weight is 377 g/mol. The maximum absolute atomic E-state index is 12.2. The predicted octanol–water partition coefficient (Wildman–Crippen LogP) is 0.815. The molecule has 1 fully saturated rings. The summed E-state index contributed by atoms with van der Waals surface area (Å²) in [6.07, 6.45) is 0.497. The highest BCUT2D eigenvalue weighted by Crippen LogP contribution is 2.19. The zero-order valence-corrected chi connectivity index (χ0v) is 15.2. The van der Waals surface area contributed by atoms with Crippen molar-refractivity contribution in [3.63, 3.8) is 0 Å². The Labute approximate surface area is 143 Å². The molecule has 0 aromatic heterocycles. The monoisotopic (exact) mass is 377 g/mol. The molecular weight excluding hydrogens is 354 g/mol. The van der Waals surface area contributed by atoms with Gasteiger partial charge in [0.2, 0.25) is 10.0 Å².